The molecule has 0 aromatic heterocycles. The number of benzene rings is 1. The van der Waals surface area contributed by atoms with Gasteiger partial charge in [0.15, 0.2) is 0 Å². The van der Waals surface area contributed by atoms with E-state index in [1.54, 1.807) is 0 Å². The van der Waals surface area contributed by atoms with Crippen LogP contribution in [0.1, 0.15) is 32.6 Å². The topological polar surface area (TPSA) is 30.5 Å². The zero-order valence-corrected chi connectivity index (χ0v) is 11.9. The zero-order valence-electron chi connectivity index (χ0n) is 11.9. The highest BCUT2D eigenvalue weighted by molar-refractivity contribution is 5.20. The van der Waals surface area contributed by atoms with Gasteiger partial charge in [0.1, 0.15) is 12.4 Å². The Morgan fingerprint density at radius 2 is 1.84 bits per heavy atom. The molecule has 19 heavy (non-hydrogen) atoms. The number of nitrogens with one attached hydrogen (secondary N) is 1. The number of ether oxygens (including phenoxy) is 2. The van der Waals surface area contributed by atoms with Gasteiger partial charge in [-0.25, -0.2) is 0 Å². The van der Waals surface area contributed by atoms with Crippen molar-refractivity contribution in [2.24, 2.45) is 0 Å². The molecule has 2 rings (SSSR count). The number of hydrogen-bond acceptors (Lipinski definition) is 3. The van der Waals surface area contributed by atoms with Crippen LogP contribution < -0.4 is 10.1 Å². The van der Waals surface area contributed by atoms with Crippen LogP contribution in [0.2, 0.25) is 0 Å². The molecule has 1 aromatic rings. The fraction of sp³-hybridized carbons (Fsp3) is 0.625. The van der Waals surface area contributed by atoms with Gasteiger partial charge in [0, 0.05) is 6.54 Å². The highest BCUT2D eigenvalue weighted by Gasteiger charge is 2.34. The van der Waals surface area contributed by atoms with Gasteiger partial charge < -0.3 is 14.8 Å². The van der Waals surface area contributed by atoms with Crippen molar-refractivity contribution >= 4 is 0 Å². The summed E-state index contributed by atoms with van der Waals surface area (Å²) in [6.07, 6.45) is 4.91. The van der Waals surface area contributed by atoms with Crippen LogP contribution in [0.15, 0.2) is 30.3 Å². The molecular weight excluding hydrogens is 238 g/mol. The Labute approximate surface area is 116 Å². The summed E-state index contributed by atoms with van der Waals surface area (Å²) < 4.78 is 11.8. The predicted octanol–water partition coefficient (Wildman–Crippen LogP) is 3.00. The second-order valence-corrected chi connectivity index (χ2v) is 5.18. The molecule has 3 heteroatoms. The lowest BCUT2D eigenvalue weighted by molar-refractivity contribution is -0.0490. The minimum Gasteiger partial charge on any atom is -0.491 e. The van der Waals surface area contributed by atoms with E-state index in [9.17, 15) is 0 Å². The standard InChI is InChI=1S/C16H25NO2/c1-2-17-14-16(10-6-7-11-16)19-13-12-18-15-8-4-3-5-9-15/h3-5,8-9,17H,2,6-7,10-14H2,1H3. The SMILES string of the molecule is CCNCC1(OCCOc2ccccc2)CCCC1. The van der Waals surface area contributed by atoms with Crippen LogP contribution in [0.5, 0.6) is 5.75 Å². The molecule has 1 fully saturated rings. The van der Waals surface area contributed by atoms with E-state index in [-0.39, 0.29) is 5.60 Å². The molecule has 0 heterocycles. The van der Waals surface area contributed by atoms with E-state index in [0.717, 1.165) is 18.8 Å². The molecule has 1 N–H and O–H groups in total. The molecule has 0 amide bonds. The highest BCUT2D eigenvalue weighted by atomic mass is 16.5. The maximum atomic E-state index is 6.13. The molecule has 0 saturated heterocycles. The van der Waals surface area contributed by atoms with Crippen molar-refractivity contribution in [1.29, 1.82) is 0 Å². The average molecular weight is 263 g/mol. The van der Waals surface area contributed by atoms with Crippen molar-refractivity contribution in [3.8, 4) is 5.75 Å². The van der Waals surface area contributed by atoms with Gasteiger partial charge in [-0.1, -0.05) is 38.0 Å². The lowest BCUT2D eigenvalue weighted by atomic mass is 10.0. The second kappa shape index (κ2) is 7.51. The van der Waals surface area contributed by atoms with Crippen molar-refractivity contribution in [2.75, 3.05) is 26.3 Å². The van der Waals surface area contributed by atoms with Crippen LogP contribution in [-0.4, -0.2) is 31.9 Å². The van der Waals surface area contributed by atoms with E-state index in [1.807, 2.05) is 30.3 Å². The lowest BCUT2D eigenvalue weighted by Gasteiger charge is -2.29. The summed E-state index contributed by atoms with van der Waals surface area (Å²) in [7, 11) is 0. The Morgan fingerprint density at radius 1 is 1.11 bits per heavy atom. The first-order valence-electron chi connectivity index (χ1n) is 7.37. The molecular formula is C16H25NO2. The van der Waals surface area contributed by atoms with E-state index in [0.29, 0.717) is 13.2 Å². The minimum absolute atomic E-state index is 0.0516. The number of likely N-dealkylation sites (N-methyl/N-ethyl adjacent to an activating group) is 1. The Hall–Kier alpha value is -1.06. The van der Waals surface area contributed by atoms with Gasteiger partial charge in [-0.2, -0.15) is 0 Å². The lowest BCUT2D eigenvalue weighted by Crippen LogP contribution is -2.41. The van der Waals surface area contributed by atoms with E-state index >= 15 is 0 Å². The third-order valence-corrected chi connectivity index (χ3v) is 3.72. The van der Waals surface area contributed by atoms with Crippen LogP contribution in [0, 0.1) is 0 Å². The van der Waals surface area contributed by atoms with Crippen LogP contribution >= 0.6 is 0 Å². The first-order valence-corrected chi connectivity index (χ1v) is 7.37. The monoisotopic (exact) mass is 263 g/mol. The Balaban J connectivity index is 1.70. The molecule has 1 aliphatic carbocycles. The summed E-state index contributed by atoms with van der Waals surface area (Å²) in [6.45, 7) is 5.40. The quantitative estimate of drug-likeness (QED) is 0.731. The summed E-state index contributed by atoms with van der Waals surface area (Å²) in [5, 5.41) is 3.42. The number of hydrogen-bond donors (Lipinski definition) is 1. The van der Waals surface area contributed by atoms with Gasteiger partial charge in [0.05, 0.1) is 12.2 Å². The van der Waals surface area contributed by atoms with Crippen molar-refractivity contribution in [2.45, 2.75) is 38.2 Å². The van der Waals surface area contributed by atoms with Crippen LogP contribution in [0.25, 0.3) is 0 Å². The summed E-state index contributed by atoms with van der Waals surface area (Å²) in [5.41, 5.74) is 0.0516. The van der Waals surface area contributed by atoms with Crippen molar-refractivity contribution < 1.29 is 9.47 Å². The van der Waals surface area contributed by atoms with E-state index < -0.39 is 0 Å². The molecule has 1 aliphatic rings. The highest BCUT2D eigenvalue weighted by Crippen LogP contribution is 2.32. The van der Waals surface area contributed by atoms with Gasteiger partial charge in [-0.05, 0) is 31.5 Å². The summed E-state index contributed by atoms with van der Waals surface area (Å²) in [6, 6.07) is 9.92. The molecule has 0 bridgehead atoms. The van der Waals surface area contributed by atoms with Crippen LogP contribution in [0.4, 0.5) is 0 Å². The maximum absolute atomic E-state index is 6.13. The van der Waals surface area contributed by atoms with Crippen molar-refractivity contribution in [3.63, 3.8) is 0 Å². The third-order valence-electron chi connectivity index (χ3n) is 3.72. The maximum Gasteiger partial charge on any atom is 0.119 e. The minimum atomic E-state index is 0.0516. The number of rotatable bonds is 8. The van der Waals surface area contributed by atoms with Crippen molar-refractivity contribution in [1.82, 2.24) is 5.32 Å². The van der Waals surface area contributed by atoms with Crippen LogP contribution in [0.3, 0.4) is 0 Å². The average Bonchev–Trinajstić information content (AvgIpc) is 2.92. The van der Waals surface area contributed by atoms with Crippen molar-refractivity contribution in [3.05, 3.63) is 30.3 Å². The Kier molecular flexibility index (Phi) is 5.67. The summed E-state index contributed by atoms with van der Waals surface area (Å²) in [4.78, 5) is 0. The Morgan fingerprint density at radius 3 is 2.53 bits per heavy atom. The van der Waals surface area contributed by atoms with Gasteiger partial charge in [-0.3, -0.25) is 0 Å². The normalized spacial score (nSPS) is 17.5. The van der Waals surface area contributed by atoms with Gasteiger partial charge >= 0.3 is 0 Å². The molecule has 0 radical (unpaired) electrons. The molecule has 0 atom stereocenters. The van der Waals surface area contributed by atoms with E-state index in [2.05, 4.69) is 12.2 Å². The molecule has 1 saturated carbocycles. The first-order chi connectivity index (χ1) is 9.35. The Bertz CT molecular complexity index is 347. The third kappa shape index (κ3) is 4.51. The van der Waals surface area contributed by atoms with Gasteiger partial charge in [0.25, 0.3) is 0 Å². The zero-order chi connectivity index (χ0) is 13.4. The molecule has 0 unspecified atom stereocenters. The summed E-state index contributed by atoms with van der Waals surface area (Å²) >= 11 is 0. The second-order valence-electron chi connectivity index (χ2n) is 5.18. The molecule has 1 aromatic carbocycles. The van der Waals surface area contributed by atoms with Gasteiger partial charge in [-0.15, -0.1) is 0 Å². The fourth-order valence-electron chi connectivity index (χ4n) is 2.68. The van der Waals surface area contributed by atoms with E-state index in [4.69, 9.17) is 9.47 Å². The molecule has 106 valence electrons. The smallest absolute Gasteiger partial charge is 0.119 e. The summed E-state index contributed by atoms with van der Waals surface area (Å²) in [5.74, 6) is 0.915. The van der Waals surface area contributed by atoms with E-state index in [1.165, 1.54) is 25.7 Å². The fourth-order valence-corrected chi connectivity index (χ4v) is 2.68. The first kappa shape index (κ1) is 14.4. The number of para-hydroxylation sites is 1. The largest absolute Gasteiger partial charge is 0.491 e. The molecule has 0 spiro atoms. The molecule has 3 nitrogen and oxygen atoms in total. The predicted molar refractivity (Wildman–Crippen MR) is 77.6 cm³/mol. The van der Waals surface area contributed by atoms with Gasteiger partial charge in [0.2, 0.25) is 0 Å². The molecule has 0 aliphatic heterocycles. The van der Waals surface area contributed by atoms with Crippen LogP contribution in [-0.2, 0) is 4.74 Å².